The fourth-order valence-electron chi connectivity index (χ4n) is 5.12. The lowest BCUT2D eigenvalue weighted by Gasteiger charge is -2.35. The van der Waals surface area contributed by atoms with Gasteiger partial charge in [-0.1, -0.05) is 54.6 Å². The van der Waals surface area contributed by atoms with Gasteiger partial charge in [-0.05, 0) is 99.8 Å². The number of nitrogens with zero attached hydrogens (tertiary/aromatic N) is 2. The minimum absolute atomic E-state index is 0.0638. The summed E-state index contributed by atoms with van der Waals surface area (Å²) in [6, 6.07) is 26.8. The van der Waals surface area contributed by atoms with Crippen LogP contribution in [0.2, 0.25) is 0 Å². The van der Waals surface area contributed by atoms with Crippen molar-refractivity contribution in [2.45, 2.75) is 64.1 Å². The van der Waals surface area contributed by atoms with E-state index in [1.807, 2.05) is 89.2 Å². The van der Waals surface area contributed by atoms with Crippen molar-refractivity contribution in [2.75, 3.05) is 17.5 Å². The lowest BCUT2D eigenvalue weighted by Crippen LogP contribution is -2.56. The van der Waals surface area contributed by atoms with E-state index in [4.69, 9.17) is 4.74 Å². The van der Waals surface area contributed by atoms with E-state index in [-0.39, 0.29) is 29.5 Å². The molecule has 47 heavy (non-hydrogen) atoms. The Bertz CT molecular complexity index is 1760. The molecule has 0 heterocycles. The Balaban J connectivity index is 1.82. The highest BCUT2D eigenvalue weighted by atomic mass is 32.2. The predicted octanol–water partition coefficient (Wildman–Crippen LogP) is 6.28. The van der Waals surface area contributed by atoms with Crippen LogP contribution < -0.4 is 14.4 Å². The molecule has 0 aliphatic carbocycles. The second kappa shape index (κ2) is 15.3. The van der Waals surface area contributed by atoms with Gasteiger partial charge in [0.15, 0.2) is 0 Å². The van der Waals surface area contributed by atoms with Crippen LogP contribution in [0.4, 0.5) is 10.1 Å². The maximum atomic E-state index is 14.6. The molecule has 0 spiro atoms. The predicted molar refractivity (Wildman–Crippen MR) is 182 cm³/mol. The zero-order chi connectivity index (χ0) is 34.2. The first-order valence-electron chi connectivity index (χ1n) is 15.5. The largest absolute Gasteiger partial charge is 0.494 e. The van der Waals surface area contributed by atoms with Crippen LogP contribution >= 0.6 is 0 Å². The van der Waals surface area contributed by atoms with E-state index in [0.29, 0.717) is 12.4 Å². The summed E-state index contributed by atoms with van der Waals surface area (Å²) >= 11 is 0. The van der Waals surface area contributed by atoms with Gasteiger partial charge >= 0.3 is 0 Å². The summed E-state index contributed by atoms with van der Waals surface area (Å²) in [6.45, 7) is 9.21. The minimum atomic E-state index is -4.36. The van der Waals surface area contributed by atoms with Crippen LogP contribution in [0, 0.1) is 12.7 Å². The molecule has 4 rings (SSSR count). The molecule has 0 saturated heterocycles. The van der Waals surface area contributed by atoms with Crippen molar-refractivity contribution in [1.29, 1.82) is 0 Å². The van der Waals surface area contributed by atoms with Crippen LogP contribution in [0.5, 0.6) is 5.75 Å². The van der Waals surface area contributed by atoms with Crippen LogP contribution in [0.15, 0.2) is 108 Å². The third-order valence-electron chi connectivity index (χ3n) is 7.49. The van der Waals surface area contributed by atoms with Gasteiger partial charge in [-0.3, -0.25) is 13.9 Å². The molecule has 4 aromatic rings. The third-order valence-corrected chi connectivity index (χ3v) is 9.28. The SMILES string of the molecule is CCOc1ccc(N(CC(=O)N(Cc2ccccc2C)C(Cc2ccccc2)C(=O)NC(C)(C)C)S(=O)(=O)c2ccc(F)cc2)cc1. The Hall–Kier alpha value is -4.70. The highest BCUT2D eigenvalue weighted by Crippen LogP contribution is 2.27. The first-order chi connectivity index (χ1) is 22.3. The molecule has 0 saturated carbocycles. The second-order valence-corrected chi connectivity index (χ2v) is 14.1. The number of nitrogens with one attached hydrogen (secondary N) is 1. The first-order valence-corrected chi connectivity index (χ1v) is 16.9. The smallest absolute Gasteiger partial charge is 0.264 e. The molecule has 1 atom stereocenters. The van der Waals surface area contributed by atoms with Gasteiger partial charge < -0.3 is 15.0 Å². The van der Waals surface area contributed by atoms with E-state index in [1.54, 1.807) is 24.3 Å². The molecule has 8 nitrogen and oxygen atoms in total. The maximum absolute atomic E-state index is 14.6. The molecule has 4 aromatic carbocycles. The van der Waals surface area contributed by atoms with Gasteiger partial charge in [0.1, 0.15) is 24.2 Å². The summed E-state index contributed by atoms with van der Waals surface area (Å²) in [5.74, 6) is -1.01. The first kappa shape index (κ1) is 35.2. The zero-order valence-corrected chi connectivity index (χ0v) is 28.3. The monoisotopic (exact) mass is 659 g/mol. The number of anilines is 1. The highest BCUT2D eigenvalue weighted by Gasteiger charge is 2.35. The molecular formula is C37H42FN3O5S. The number of sulfonamides is 1. The summed E-state index contributed by atoms with van der Waals surface area (Å²) < 4.78 is 48.6. The Morgan fingerprint density at radius 2 is 1.49 bits per heavy atom. The van der Waals surface area contributed by atoms with Gasteiger partial charge in [-0.25, -0.2) is 12.8 Å². The van der Waals surface area contributed by atoms with Crippen molar-refractivity contribution in [3.8, 4) is 5.75 Å². The molecule has 1 N–H and O–H groups in total. The van der Waals surface area contributed by atoms with E-state index in [1.165, 1.54) is 4.90 Å². The molecule has 0 aliphatic rings. The molecule has 2 amide bonds. The Morgan fingerprint density at radius 1 is 0.872 bits per heavy atom. The molecule has 0 aliphatic heterocycles. The summed E-state index contributed by atoms with van der Waals surface area (Å²) in [4.78, 5) is 29.9. The van der Waals surface area contributed by atoms with Gasteiger partial charge in [0.2, 0.25) is 11.8 Å². The van der Waals surface area contributed by atoms with Gasteiger partial charge in [0.25, 0.3) is 10.0 Å². The second-order valence-electron chi connectivity index (χ2n) is 12.3. The maximum Gasteiger partial charge on any atom is 0.264 e. The number of hydrogen-bond donors (Lipinski definition) is 1. The molecule has 0 bridgehead atoms. The summed E-state index contributed by atoms with van der Waals surface area (Å²) in [5.41, 5.74) is 2.19. The minimum Gasteiger partial charge on any atom is -0.494 e. The van der Waals surface area contributed by atoms with E-state index in [0.717, 1.165) is 45.3 Å². The van der Waals surface area contributed by atoms with Crippen LogP contribution in [-0.4, -0.2) is 49.9 Å². The number of ether oxygens (including phenoxy) is 1. The van der Waals surface area contributed by atoms with Crippen LogP contribution in [0.25, 0.3) is 0 Å². The van der Waals surface area contributed by atoms with Crippen molar-refractivity contribution in [2.24, 2.45) is 0 Å². The Labute approximate surface area is 277 Å². The molecule has 1 unspecified atom stereocenters. The molecule has 0 fully saturated rings. The Morgan fingerprint density at radius 3 is 2.09 bits per heavy atom. The van der Waals surface area contributed by atoms with Gasteiger partial charge in [0, 0.05) is 18.5 Å². The average Bonchev–Trinajstić information content (AvgIpc) is 3.02. The number of carbonyl (C=O) groups excluding carboxylic acids is 2. The molecular weight excluding hydrogens is 617 g/mol. The lowest BCUT2D eigenvalue weighted by atomic mass is 10.00. The number of hydrogen-bond acceptors (Lipinski definition) is 5. The summed E-state index contributed by atoms with van der Waals surface area (Å²) in [6.07, 6.45) is 0.203. The molecule has 0 radical (unpaired) electrons. The van der Waals surface area contributed by atoms with E-state index in [9.17, 15) is 22.4 Å². The number of amides is 2. The highest BCUT2D eigenvalue weighted by molar-refractivity contribution is 7.92. The number of aryl methyl sites for hydroxylation is 1. The standard InChI is InChI=1S/C37H42FN3O5S/c1-6-46-32-20-18-31(19-21-32)41(47(44,45)33-22-16-30(38)17-23-33)26-35(42)40(25-29-15-11-10-12-27(29)2)34(36(43)39-37(3,4)5)24-28-13-8-7-9-14-28/h7-23,34H,6,24-26H2,1-5H3,(H,39,43). The van der Waals surface area contributed by atoms with E-state index in [2.05, 4.69) is 5.32 Å². The van der Waals surface area contributed by atoms with Crippen LogP contribution in [0.1, 0.15) is 44.4 Å². The van der Waals surface area contributed by atoms with Gasteiger partial charge in [-0.2, -0.15) is 0 Å². The molecule has 10 heteroatoms. The molecule has 0 aromatic heterocycles. The third kappa shape index (κ3) is 9.42. The fraction of sp³-hybridized carbons (Fsp3) is 0.297. The van der Waals surface area contributed by atoms with Crippen molar-refractivity contribution in [3.63, 3.8) is 0 Å². The van der Waals surface area contributed by atoms with Gasteiger partial charge in [0.05, 0.1) is 17.2 Å². The summed E-state index contributed by atoms with van der Waals surface area (Å²) in [5, 5.41) is 3.03. The lowest BCUT2D eigenvalue weighted by molar-refractivity contribution is -0.140. The van der Waals surface area contributed by atoms with Crippen molar-refractivity contribution >= 4 is 27.5 Å². The number of benzene rings is 4. The number of carbonyl (C=O) groups is 2. The fourth-order valence-corrected chi connectivity index (χ4v) is 6.53. The van der Waals surface area contributed by atoms with Crippen LogP contribution in [-0.2, 0) is 32.6 Å². The van der Waals surface area contributed by atoms with Crippen LogP contribution in [0.3, 0.4) is 0 Å². The number of rotatable bonds is 13. The summed E-state index contributed by atoms with van der Waals surface area (Å²) in [7, 11) is -4.36. The Kier molecular flexibility index (Phi) is 11.4. The molecule has 248 valence electrons. The van der Waals surface area contributed by atoms with Gasteiger partial charge in [-0.15, -0.1) is 0 Å². The van der Waals surface area contributed by atoms with Crippen molar-refractivity contribution < 1.29 is 27.1 Å². The van der Waals surface area contributed by atoms with E-state index < -0.39 is 39.9 Å². The van der Waals surface area contributed by atoms with Crippen molar-refractivity contribution in [1.82, 2.24) is 10.2 Å². The van der Waals surface area contributed by atoms with Crippen molar-refractivity contribution in [3.05, 3.63) is 126 Å². The number of halogens is 1. The quantitative estimate of drug-likeness (QED) is 0.182. The zero-order valence-electron chi connectivity index (χ0n) is 27.4. The topological polar surface area (TPSA) is 96.0 Å². The average molecular weight is 660 g/mol. The normalized spacial score (nSPS) is 12.2. The van der Waals surface area contributed by atoms with E-state index >= 15 is 0 Å².